The van der Waals surface area contributed by atoms with Crippen molar-refractivity contribution in [1.82, 2.24) is 4.98 Å². The van der Waals surface area contributed by atoms with Gasteiger partial charge in [0.25, 0.3) is 0 Å². The van der Waals surface area contributed by atoms with E-state index in [1.165, 1.54) is 16.0 Å². The number of rotatable bonds is 1. The molecule has 0 amide bonds. The summed E-state index contributed by atoms with van der Waals surface area (Å²) in [6, 6.07) is 5.98. The molecule has 0 radical (unpaired) electrons. The molecule has 4 heteroatoms. The highest BCUT2D eigenvalue weighted by Crippen LogP contribution is 2.40. The normalized spacial score (nSPS) is 12.7. The Hall–Kier alpha value is -0.900. The van der Waals surface area contributed by atoms with Gasteiger partial charge in [-0.15, -0.1) is 11.3 Å². The Morgan fingerprint density at radius 2 is 2.33 bits per heavy atom. The predicted octanol–water partition coefficient (Wildman–Crippen LogP) is 2.83. The van der Waals surface area contributed by atoms with Crippen molar-refractivity contribution in [2.45, 2.75) is 13.0 Å². The fourth-order valence-corrected chi connectivity index (χ4v) is 3.11. The van der Waals surface area contributed by atoms with Crippen LogP contribution in [-0.4, -0.2) is 4.98 Å². The molecule has 15 heavy (non-hydrogen) atoms. The van der Waals surface area contributed by atoms with Crippen LogP contribution < -0.4 is 5.73 Å². The highest BCUT2D eigenvalue weighted by atomic mass is 35.5. The van der Waals surface area contributed by atoms with Gasteiger partial charge in [-0.05, 0) is 17.7 Å². The number of hydrogen-bond donors (Lipinski definition) is 1. The first-order valence-electron chi connectivity index (χ1n) is 4.75. The molecule has 0 unspecified atom stereocenters. The van der Waals surface area contributed by atoms with Gasteiger partial charge in [0.1, 0.15) is 5.01 Å². The van der Waals surface area contributed by atoms with Gasteiger partial charge in [-0.2, -0.15) is 0 Å². The molecule has 0 fully saturated rings. The third kappa shape index (κ3) is 1.39. The Kier molecular flexibility index (Phi) is 2.06. The largest absolute Gasteiger partial charge is 0.325 e. The van der Waals surface area contributed by atoms with E-state index in [0.717, 1.165) is 22.1 Å². The second-order valence-corrected chi connectivity index (χ2v) is 5.17. The minimum Gasteiger partial charge on any atom is -0.325 e. The van der Waals surface area contributed by atoms with E-state index in [-0.39, 0.29) is 0 Å². The van der Waals surface area contributed by atoms with Crippen molar-refractivity contribution in [2.24, 2.45) is 5.73 Å². The Bertz CT molecular complexity index is 533. The van der Waals surface area contributed by atoms with Gasteiger partial charge in [-0.3, -0.25) is 0 Å². The maximum Gasteiger partial charge on any atom is 0.107 e. The molecule has 1 aromatic heterocycles. The molecule has 0 atom stereocenters. The highest BCUT2D eigenvalue weighted by Gasteiger charge is 2.22. The van der Waals surface area contributed by atoms with Gasteiger partial charge in [-0.25, -0.2) is 4.98 Å². The van der Waals surface area contributed by atoms with E-state index in [4.69, 9.17) is 17.3 Å². The lowest BCUT2D eigenvalue weighted by molar-refractivity contribution is 1.04. The van der Waals surface area contributed by atoms with E-state index in [2.05, 4.69) is 4.98 Å². The molecule has 0 spiro atoms. The molecule has 1 aliphatic carbocycles. The zero-order valence-corrected chi connectivity index (χ0v) is 9.53. The fraction of sp³-hybridized carbons (Fsp3) is 0.182. The van der Waals surface area contributed by atoms with Crippen LogP contribution in [0, 0.1) is 0 Å². The lowest BCUT2D eigenvalue weighted by Crippen LogP contribution is -1.94. The number of nitrogens with two attached hydrogens (primary N) is 1. The van der Waals surface area contributed by atoms with Crippen molar-refractivity contribution in [3.8, 4) is 11.3 Å². The molecule has 0 saturated carbocycles. The van der Waals surface area contributed by atoms with E-state index in [9.17, 15) is 0 Å². The minimum atomic E-state index is 0.528. The maximum absolute atomic E-state index is 5.95. The maximum atomic E-state index is 5.95. The van der Waals surface area contributed by atoms with Crippen LogP contribution in [0.2, 0.25) is 5.02 Å². The first-order valence-corrected chi connectivity index (χ1v) is 5.95. The molecule has 2 aromatic rings. The molecule has 1 aliphatic rings. The van der Waals surface area contributed by atoms with Crippen molar-refractivity contribution in [3.63, 3.8) is 0 Å². The Labute approximate surface area is 96.7 Å². The van der Waals surface area contributed by atoms with Crippen molar-refractivity contribution in [2.75, 3.05) is 0 Å². The van der Waals surface area contributed by atoms with Crippen molar-refractivity contribution >= 4 is 22.9 Å². The van der Waals surface area contributed by atoms with E-state index in [1.807, 2.05) is 18.2 Å². The average molecular weight is 237 g/mol. The van der Waals surface area contributed by atoms with Crippen LogP contribution in [0.5, 0.6) is 0 Å². The SMILES string of the molecule is NCc1nc2c(s1)Cc1cc(Cl)ccc1-2. The van der Waals surface area contributed by atoms with E-state index in [0.29, 0.717) is 6.54 Å². The van der Waals surface area contributed by atoms with Gasteiger partial charge in [-0.1, -0.05) is 17.7 Å². The molecule has 2 N–H and O–H groups in total. The monoisotopic (exact) mass is 236 g/mol. The Morgan fingerprint density at radius 3 is 3.13 bits per heavy atom. The molecule has 0 bridgehead atoms. The van der Waals surface area contributed by atoms with Crippen LogP contribution >= 0.6 is 22.9 Å². The summed E-state index contributed by atoms with van der Waals surface area (Å²) in [6.07, 6.45) is 0.947. The summed E-state index contributed by atoms with van der Waals surface area (Å²) in [5.41, 5.74) is 9.18. The first-order chi connectivity index (χ1) is 7.28. The molecule has 0 saturated heterocycles. The van der Waals surface area contributed by atoms with E-state index >= 15 is 0 Å². The highest BCUT2D eigenvalue weighted by molar-refractivity contribution is 7.12. The Morgan fingerprint density at radius 1 is 1.47 bits per heavy atom. The molecule has 3 rings (SSSR count). The van der Waals surface area contributed by atoms with E-state index < -0.39 is 0 Å². The topological polar surface area (TPSA) is 38.9 Å². The zero-order chi connectivity index (χ0) is 10.4. The summed E-state index contributed by atoms with van der Waals surface area (Å²) in [6.45, 7) is 0.528. The molecular weight excluding hydrogens is 228 g/mol. The molecule has 0 aliphatic heterocycles. The standard InChI is InChI=1S/C11H9ClN2S/c12-7-1-2-8-6(3-7)4-9-11(8)14-10(5-13)15-9/h1-3H,4-5,13H2. The van der Waals surface area contributed by atoms with Gasteiger partial charge < -0.3 is 5.73 Å². The van der Waals surface area contributed by atoms with Crippen molar-refractivity contribution < 1.29 is 0 Å². The van der Waals surface area contributed by atoms with Gasteiger partial charge in [0.2, 0.25) is 0 Å². The predicted molar refractivity (Wildman–Crippen MR) is 63.3 cm³/mol. The summed E-state index contributed by atoms with van der Waals surface area (Å²) in [7, 11) is 0. The summed E-state index contributed by atoms with van der Waals surface area (Å²) in [4.78, 5) is 5.84. The summed E-state index contributed by atoms with van der Waals surface area (Å²) < 4.78 is 0. The van der Waals surface area contributed by atoms with Gasteiger partial charge in [0.05, 0.1) is 5.69 Å². The van der Waals surface area contributed by atoms with Crippen LogP contribution in [-0.2, 0) is 13.0 Å². The van der Waals surface area contributed by atoms with Crippen LogP contribution in [0.4, 0.5) is 0 Å². The molecule has 2 nitrogen and oxygen atoms in total. The number of aromatic nitrogens is 1. The number of nitrogens with zero attached hydrogens (tertiary/aromatic N) is 1. The molecule has 76 valence electrons. The van der Waals surface area contributed by atoms with Gasteiger partial charge >= 0.3 is 0 Å². The molecular formula is C11H9ClN2S. The number of halogens is 1. The fourth-order valence-electron chi connectivity index (χ4n) is 1.93. The zero-order valence-electron chi connectivity index (χ0n) is 7.96. The number of hydrogen-bond acceptors (Lipinski definition) is 3. The lowest BCUT2D eigenvalue weighted by Gasteiger charge is -1.99. The summed E-state index contributed by atoms with van der Waals surface area (Å²) in [5, 5.41) is 1.81. The van der Waals surface area contributed by atoms with Gasteiger partial charge in [0, 0.05) is 28.4 Å². The van der Waals surface area contributed by atoms with Crippen LogP contribution in [0.1, 0.15) is 15.4 Å². The summed E-state index contributed by atoms with van der Waals surface area (Å²) in [5.74, 6) is 0. The summed E-state index contributed by atoms with van der Waals surface area (Å²) >= 11 is 7.66. The lowest BCUT2D eigenvalue weighted by atomic mass is 10.1. The van der Waals surface area contributed by atoms with Crippen molar-refractivity contribution in [3.05, 3.63) is 38.7 Å². The number of thiazole rings is 1. The number of fused-ring (bicyclic) bond motifs is 3. The first kappa shape index (κ1) is 9.33. The second kappa shape index (κ2) is 3.30. The van der Waals surface area contributed by atoms with E-state index in [1.54, 1.807) is 11.3 Å². The van der Waals surface area contributed by atoms with Crippen LogP contribution in [0.3, 0.4) is 0 Å². The minimum absolute atomic E-state index is 0.528. The Balaban J connectivity index is 2.17. The second-order valence-electron chi connectivity index (χ2n) is 3.56. The van der Waals surface area contributed by atoms with Crippen molar-refractivity contribution in [1.29, 1.82) is 0 Å². The number of benzene rings is 1. The van der Waals surface area contributed by atoms with Crippen LogP contribution in [0.15, 0.2) is 18.2 Å². The molecule has 1 heterocycles. The van der Waals surface area contributed by atoms with Crippen LogP contribution in [0.25, 0.3) is 11.3 Å². The molecule has 1 aromatic carbocycles. The third-order valence-electron chi connectivity index (χ3n) is 2.59. The smallest absolute Gasteiger partial charge is 0.107 e. The average Bonchev–Trinajstić information content (AvgIpc) is 2.73. The third-order valence-corrected chi connectivity index (χ3v) is 3.90. The quantitative estimate of drug-likeness (QED) is 0.706. The van der Waals surface area contributed by atoms with Gasteiger partial charge in [0.15, 0.2) is 0 Å².